The molecule has 0 N–H and O–H groups in total. The largest absolute Gasteiger partial charge is 0.297 e. The zero-order chi connectivity index (χ0) is 8.10. The van der Waals surface area contributed by atoms with E-state index in [-0.39, 0.29) is 0 Å². The van der Waals surface area contributed by atoms with Gasteiger partial charge in [0.05, 0.1) is 0 Å². The van der Waals surface area contributed by atoms with E-state index in [0.717, 1.165) is 0 Å². The summed E-state index contributed by atoms with van der Waals surface area (Å²) in [5, 5.41) is 0. The van der Waals surface area contributed by atoms with Gasteiger partial charge in [-0.25, -0.2) is 0 Å². The molecule has 0 aromatic rings. The molecule has 1 fully saturated rings. The molecule has 0 amide bonds. The highest BCUT2D eigenvalue weighted by Gasteiger charge is 2.17. The third-order valence-corrected chi connectivity index (χ3v) is 2.44. The van der Waals surface area contributed by atoms with Crippen LogP contribution in [0.2, 0.25) is 0 Å². The van der Waals surface area contributed by atoms with Crippen molar-refractivity contribution < 1.29 is 0 Å². The fourth-order valence-electron chi connectivity index (χ4n) is 1.81. The highest BCUT2D eigenvalue weighted by molar-refractivity contribution is 4.93. The summed E-state index contributed by atoms with van der Waals surface area (Å²) < 4.78 is 0. The van der Waals surface area contributed by atoms with Crippen LogP contribution in [0.3, 0.4) is 0 Å². The minimum atomic E-state index is 0.711. The van der Waals surface area contributed by atoms with E-state index in [1.54, 1.807) is 0 Å². The summed E-state index contributed by atoms with van der Waals surface area (Å²) in [4.78, 5) is 2.58. The molecule has 0 unspecified atom stereocenters. The predicted molar refractivity (Wildman–Crippen MR) is 49.7 cm³/mol. The zero-order valence-corrected chi connectivity index (χ0v) is 7.71. The van der Waals surface area contributed by atoms with Crippen LogP contribution in [0.5, 0.6) is 0 Å². The van der Waals surface area contributed by atoms with Crippen molar-refractivity contribution in [2.24, 2.45) is 0 Å². The Balaban J connectivity index is 2.39. The number of rotatable bonds is 3. The number of likely N-dealkylation sites (tertiary alicyclic amines) is 1. The molecule has 1 aliphatic rings. The van der Waals surface area contributed by atoms with Gasteiger partial charge in [0.2, 0.25) is 0 Å². The van der Waals surface area contributed by atoms with Crippen LogP contribution in [0, 0.1) is 0 Å². The summed E-state index contributed by atoms with van der Waals surface area (Å²) in [5.74, 6) is 0. The van der Waals surface area contributed by atoms with Gasteiger partial charge in [-0.15, -0.1) is 0 Å². The lowest BCUT2D eigenvalue weighted by atomic mass is 10.2. The van der Waals surface area contributed by atoms with Crippen LogP contribution in [0.25, 0.3) is 0 Å². The van der Waals surface area contributed by atoms with Gasteiger partial charge in [0.25, 0.3) is 0 Å². The molecule has 1 heteroatoms. The first-order valence-electron chi connectivity index (χ1n) is 4.75. The molecule has 0 saturated carbocycles. The van der Waals surface area contributed by atoms with Crippen molar-refractivity contribution in [3.63, 3.8) is 0 Å². The summed E-state index contributed by atoms with van der Waals surface area (Å²) in [5.41, 5.74) is 0. The molecule has 1 heterocycles. The lowest BCUT2D eigenvalue weighted by Gasteiger charge is -2.22. The van der Waals surface area contributed by atoms with E-state index >= 15 is 0 Å². The van der Waals surface area contributed by atoms with E-state index in [0.29, 0.717) is 6.04 Å². The van der Waals surface area contributed by atoms with Gasteiger partial charge >= 0.3 is 0 Å². The van der Waals surface area contributed by atoms with E-state index in [2.05, 4.69) is 30.9 Å². The van der Waals surface area contributed by atoms with Gasteiger partial charge in [0.15, 0.2) is 0 Å². The van der Waals surface area contributed by atoms with Crippen LogP contribution in [0.15, 0.2) is 12.2 Å². The molecule has 1 nitrogen and oxygen atoms in total. The SMILES string of the molecule is C/C=C\[C@@H](CC)N1CCCC1. The fourth-order valence-corrected chi connectivity index (χ4v) is 1.81. The highest BCUT2D eigenvalue weighted by Crippen LogP contribution is 2.14. The van der Waals surface area contributed by atoms with Crippen molar-refractivity contribution in [3.05, 3.63) is 12.2 Å². The minimum Gasteiger partial charge on any atom is -0.297 e. The van der Waals surface area contributed by atoms with Gasteiger partial charge in [-0.2, -0.15) is 0 Å². The lowest BCUT2D eigenvalue weighted by molar-refractivity contribution is 0.278. The molecule has 1 aliphatic heterocycles. The third kappa shape index (κ3) is 2.33. The van der Waals surface area contributed by atoms with Crippen LogP contribution in [-0.4, -0.2) is 24.0 Å². The van der Waals surface area contributed by atoms with Crippen LogP contribution >= 0.6 is 0 Å². The first-order chi connectivity index (χ1) is 5.38. The molecule has 0 aromatic heterocycles. The van der Waals surface area contributed by atoms with Gasteiger partial charge in [0.1, 0.15) is 0 Å². The molecule has 1 saturated heterocycles. The Hall–Kier alpha value is -0.300. The van der Waals surface area contributed by atoms with Crippen LogP contribution in [0.4, 0.5) is 0 Å². The average Bonchev–Trinajstić information content (AvgIpc) is 2.52. The molecule has 0 aliphatic carbocycles. The van der Waals surface area contributed by atoms with Gasteiger partial charge < -0.3 is 0 Å². The minimum absolute atomic E-state index is 0.711. The Morgan fingerprint density at radius 1 is 1.36 bits per heavy atom. The molecule has 0 radical (unpaired) electrons. The quantitative estimate of drug-likeness (QED) is 0.563. The summed E-state index contributed by atoms with van der Waals surface area (Å²) in [6, 6.07) is 0.711. The van der Waals surface area contributed by atoms with Crippen molar-refractivity contribution in [1.82, 2.24) is 4.90 Å². The average molecular weight is 153 g/mol. The number of hydrogen-bond acceptors (Lipinski definition) is 1. The Morgan fingerprint density at radius 3 is 2.45 bits per heavy atom. The van der Waals surface area contributed by atoms with Gasteiger partial charge in [-0.1, -0.05) is 19.1 Å². The predicted octanol–water partition coefficient (Wildman–Crippen LogP) is 2.44. The second-order valence-corrected chi connectivity index (χ2v) is 3.24. The summed E-state index contributed by atoms with van der Waals surface area (Å²) in [7, 11) is 0. The molecular formula is C10H19N. The highest BCUT2D eigenvalue weighted by atomic mass is 15.2. The molecule has 0 aromatic carbocycles. The number of allylic oxidation sites excluding steroid dienone is 1. The summed E-state index contributed by atoms with van der Waals surface area (Å²) >= 11 is 0. The monoisotopic (exact) mass is 153 g/mol. The Labute approximate surface area is 70.1 Å². The van der Waals surface area contributed by atoms with E-state index in [1.807, 2.05) is 0 Å². The zero-order valence-electron chi connectivity index (χ0n) is 7.71. The van der Waals surface area contributed by atoms with E-state index in [1.165, 1.54) is 32.4 Å². The van der Waals surface area contributed by atoms with Gasteiger partial charge in [-0.3, -0.25) is 4.90 Å². The van der Waals surface area contributed by atoms with Crippen LogP contribution < -0.4 is 0 Å². The Morgan fingerprint density at radius 2 is 2.00 bits per heavy atom. The standard InChI is InChI=1S/C10H19N/c1-3-7-10(4-2)11-8-5-6-9-11/h3,7,10H,4-6,8-9H2,1-2H3/b7-3-/t10-/m1/s1. The first kappa shape index (κ1) is 8.79. The van der Waals surface area contributed by atoms with E-state index in [4.69, 9.17) is 0 Å². The van der Waals surface area contributed by atoms with Gasteiger partial charge in [0, 0.05) is 6.04 Å². The smallest absolute Gasteiger partial charge is 0.0275 e. The maximum atomic E-state index is 2.58. The molecule has 11 heavy (non-hydrogen) atoms. The molecular weight excluding hydrogens is 134 g/mol. The molecule has 1 rings (SSSR count). The maximum Gasteiger partial charge on any atom is 0.0275 e. The lowest BCUT2D eigenvalue weighted by Crippen LogP contribution is -2.30. The molecule has 64 valence electrons. The van der Waals surface area contributed by atoms with Crippen molar-refractivity contribution >= 4 is 0 Å². The maximum absolute atomic E-state index is 2.58. The van der Waals surface area contributed by atoms with E-state index in [9.17, 15) is 0 Å². The van der Waals surface area contributed by atoms with Crippen LogP contribution in [0.1, 0.15) is 33.1 Å². The van der Waals surface area contributed by atoms with Crippen molar-refractivity contribution in [1.29, 1.82) is 0 Å². The Bertz CT molecular complexity index is 123. The van der Waals surface area contributed by atoms with Crippen molar-refractivity contribution in [2.45, 2.75) is 39.2 Å². The normalized spacial score (nSPS) is 23.1. The second-order valence-electron chi connectivity index (χ2n) is 3.24. The fraction of sp³-hybridized carbons (Fsp3) is 0.800. The first-order valence-corrected chi connectivity index (χ1v) is 4.75. The molecule has 1 atom stereocenters. The van der Waals surface area contributed by atoms with E-state index < -0.39 is 0 Å². The second kappa shape index (κ2) is 4.55. The molecule has 0 spiro atoms. The Kier molecular flexibility index (Phi) is 3.64. The van der Waals surface area contributed by atoms with Crippen molar-refractivity contribution in [3.8, 4) is 0 Å². The number of hydrogen-bond donors (Lipinski definition) is 0. The molecule has 0 bridgehead atoms. The van der Waals surface area contributed by atoms with Gasteiger partial charge in [-0.05, 0) is 39.3 Å². The van der Waals surface area contributed by atoms with Crippen LogP contribution in [-0.2, 0) is 0 Å². The number of nitrogens with zero attached hydrogens (tertiary/aromatic N) is 1. The summed E-state index contributed by atoms with van der Waals surface area (Å²) in [6.07, 6.45) is 8.55. The summed E-state index contributed by atoms with van der Waals surface area (Å²) in [6.45, 7) is 6.99. The van der Waals surface area contributed by atoms with Crippen molar-refractivity contribution in [2.75, 3.05) is 13.1 Å². The topological polar surface area (TPSA) is 3.24 Å². The third-order valence-electron chi connectivity index (χ3n) is 2.44.